The zero-order valence-corrected chi connectivity index (χ0v) is 21.2. The number of benzene rings is 1. The van der Waals surface area contributed by atoms with Crippen LogP contribution < -0.4 is 9.47 Å². The second-order valence-electron chi connectivity index (χ2n) is 8.66. The lowest BCUT2D eigenvalue weighted by Crippen LogP contribution is -2.42. The quantitative estimate of drug-likeness (QED) is 0.321. The fourth-order valence-corrected chi connectivity index (χ4v) is 6.52. The summed E-state index contributed by atoms with van der Waals surface area (Å²) < 4.78 is 12.9. The van der Waals surface area contributed by atoms with Crippen molar-refractivity contribution in [1.29, 1.82) is 0 Å². The number of hydrogen-bond donors (Lipinski definition) is 1. The lowest BCUT2D eigenvalue weighted by atomic mass is 9.80. The topological polar surface area (TPSA) is 71.9 Å². The van der Waals surface area contributed by atoms with E-state index in [1.807, 2.05) is 36.0 Å². The molecule has 34 heavy (non-hydrogen) atoms. The van der Waals surface area contributed by atoms with Gasteiger partial charge in [0.15, 0.2) is 0 Å². The number of carbonyl (C=O) groups is 1. The summed E-state index contributed by atoms with van der Waals surface area (Å²) in [7, 11) is 1.64. The summed E-state index contributed by atoms with van der Waals surface area (Å²) >= 11 is 3.69. The molecule has 0 bridgehead atoms. The van der Waals surface area contributed by atoms with Gasteiger partial charge in [0.25, 0.3) is 0 Å². The number of ether oxygens (including phenoxy) is 2. The molecule has 2 unspecified atom stereocenters. The highest BCUT2D eigenvalue weighted by molar-refractivity contribution is 8.01. The monoisotopic (exact) mass is 500 g/mol. The summed E-state index contributed by atoms with van der Waals surface area (Å²) in [5.41, 5.74) is 0.881. The Morgan fingerprint density at radius 1 is 1.26 bits per heavy atom. The average Bonchev–Trinajstić information content (AvgIpc) is 3.37. The molecule has 4 rings (SSSR count). The van der Waals surface area contributed by atoms with Crippen LogP contribution in [0.4, 0.5) is 0 Å². The molecule has 3 aromatic rings. The summed E-state index contributed by atoms with van der Waals surface area (Å²) in [5, 5.41) is 12.3. The van der Waals surface area contributed by atoms with Crippen molar-refractivity contribution < 1.29 is 19.4 Å². The average molecular weight is 501 g/mol. The number of nitrogens with zero attached hydrogens (tertiary/aromatic N) is 2. The summed E-state index contributed by atoms with van der Waals surface area (Å²) in [5.74, 6) is 2.74. The van der Waals surface area contributed by atoms with Crippen LogP contribution in [0.5, 0.6) is 11.5 Å². The predicted molar refractivity (Wildman–Crippen MR) is 138 cm³/mol. The van der Waals surface area contributed by atoms with Crippen LogP contribution in [0.3, 0.4) is 0 Å². The van der Waals surface area contributed by atoms with E-state index in [2.05, 4.69) is 27.4 Å². The fraction of sp³-hybridized carbons (Fsp3) is 0.462. The van der Waals surface area contributed by atoms with Crippen LogP contribution in [-0.4, -0.2) is 60.1 Å². The first-order chi connectivity index (χ1) is 16.6. The lowest BCUT2D eigenvalue weighted by molar-refractivity contribution is -0.137. The maximum Gasteiger partial charge on any atom is 0.303 e. The van der Waals surface area contributed by atoms with Crippen LogP contribution >= 0.6 is 23.1 Å². The van der Waals surface area contributed by atoms with Gasteiger partial charge in [-0.1, -0.05) is 12.1 Å². The van der Waals surface area contributed by atoms with E-state index in [9.17, 15) is 9.90 Å². The summed E-state index contributed by atoms with van der Waals surface area (Å²) in [4.78, 5) is 18.2. The molecule has 1 aliphatic rings. The molecule has 1 aromatic carbocycles. The first kappa shape index (κ1) is 24.8. The molecule has 0 aliphatic carbocycles. The second kappa shape index (κ2) is 12.4. The third-order valence-corrected chi connectivity index (χ3v) is 8.61. The van der Waals surface area contributed by atoms with E-state index in [-0.39, 0.29) is 6.42 Å². The van der Waals surface area contributed by atoms with Crippen molar-refractivity contribution in [2.45, 2.75) is 29.9 Å². The number of likely N-dealkylation sites (tertiary alicyclic amines) is 1. The Hall–Kier alpha value is -2.29. The first-order valence-corrected chi connectivity index (χ1v) is 13.6. The predicted octanol–water partition coefficient (Wildman–Crippen LogP) is 5.67. The molecule has 0 saturated carbocycles. The number of carboxylic acid groups (broad SMARTS) is 1. The molecule has 182 valence electrons. The Morgan fingerprint density at radius 2 is 2.18 bits per heavy atom. The second-order valence-corrected chi connectivity index (χ2v) is 11.0. The maximum atomic E-state index is 11.3. The Labute approximate surface area is 209 Å². The Morgan fingerprint density at radius 3 is 2.97 bits per heavy atom. The van der Waals surface area contributed by atoms with Gasteiger partial charge < -0.3 is 19.5 Å². The number of thiophene rings is 1. The van der Waals surface area contributed by atoms with E-state index < -0.39 is 5.97 Å². The minimum absolute atomic E-state index is 0.231. The van der Waals surface area contributed by atoms with Crippen LogP contribution in [0.25, 0.3) is 10.9 Å². The van der Waals surface area contributed by atoms with E-state index in [4.69, 9.17) is 9.47 Å². The van der Waals surface area contributed by atoms with E-state index >= 15 is 0 Å². The number of aliphatic carboxylic acids is 1. The molecule has 2 atom stereocenters. The van der Waals surface area contributed by atoms with Crippen LogP contribution in [0.1, 0.15) is 25.7 Å². The van der Waals surface area contributed by atoms with E-state index in [0.29, 0.717) is 24.2 Å². The van der Waals surface area contributed by atoms with Crippen molar-refractivity contribution in [3.63, 3.8) is 0 Å². The van der Waals surface area contributed by atoms with E-state index in [1.54, 1.807) is 24.6 Å². The van der Waals surface area contributed by atoms with Gasteiger partial charge in [0.2, 0.25) is 0 Å². The molecular weight excluding hydrogens is 468 g/mol. The highest BCUT2D eigenvalue weighted by Gasteiger charge is 2.29. The molecule has 6 nitrogen and oxygen atoms in total. The number of piperidine rings is 1. The molecule has 1 N–H and O–H groups in total. The zero-order valence-electron chi connectivity index (χ0n) is 19.5. The smallest absolute Gasteiger partial charge is 0.303 e. The van der Waals surface area contributed by atoms with E-state index in [1.165, 1.54) is 4.21 Å². The largest absolute Gasteiger partial charge is 0.495 e. The Kier molecular flexibility index (Phi) is 9.07. The first-order valence-electron chi connectivity index (χ1n) is 11.8. The molecular formula is C26H32N2O4S2. The minimum Gasteiger partial charge on any atom is -0.495 e. The van der Waals surface area contributed by atoms with Gasteiger partial charge in [-0.2, -0.15) is 0 Å². The van der Waals surface area contributed by atoms with Gasteiger partial charge in [-0.3, -0.25) is 9.78 Å². The van der Waals surface area contributed by atoms with Crippen molar-refractivity contribution in [2.24, 2.45) is 11.8 Å². The standard InChI is InChI=1S/C26H32N2O4S2/c1-31-21-16-22-23(27-17-21)4-2-5-24(22)32-13-10-19-9-11-28(18-20(19)7-8-25(29)30)12-15-34-26-6-3-14-33-26/h2-6,14,16-17,19-20H,7-13,15,18H2,1H3,(H,29,30). The molecule has 0 spiro atoms. The Balaban J connectivity index is 1.32. The van der Waals surface area contributed by atoms with Crippen molar-refractivity contribution >= 4 is 40.0 Å². The molecule has 8 heteroatoms. The lowest BCUT2D eigenvalue weighted by Gasteiger charge is -2.38. The number of pyridine rings is 1. The number of fused-ring (bicyclic) bond motifs is 1. The number of hydrogen-bond acceptors (Lipinski definition) is 7. The molecule has 1 aliphatic heterocycles. The molecule has 2 aromatic heterocycles. The molecule has 1 fully saturated rings. The van der Waals surface area contributed by atoms with Crippen LogP contribution in [0.2, 0.25) is 0 Å². The summed E-state index contributed by atoms with van der Waals surface area (Å²) in [6.45, 7) is 3.69. The Bertz CT molecular complexity index is 1060. The third-order valence-electron chi connectivity index (χ3n) is 6.49. The summed E-state index contributed by atoms with van der Waals surface area (Å²) in [6.07, 6.45) is 4.68. The highest BCUT2D eigenvalue weighted by atomic mass is 32.2. The maximum absolute atomic E-state index is 11.3. The van der Waals surface area contributed by atoms with Crippen molar-refractivity contribution in [1.82, 2.24) is 9.88 Å². The number of aromatic nitrogens is 1. The normalized spacial score (nSPS) is 18.7. The number of thioether (sulfide) groups is 1. The zero-order chi connectivity index (χ0) is 23.8. The number of methoxy groups -OCH3 is 1. The number of rotatable bonds is 12. The number of carboxylic acids is 1. The van der Waals surface area contributed by atoms with Crippen molar-refractivity contribution in [3.05, 3.63) is 48.0 Å². The van der Waals surface area contributed by atoms with Gasteiger partial charge in [-0.05, 0) is 67.3 Å². The molecule has 0 radical (unpaired) electrons. The van der Waals surface area contributed by atoms with Crippen molar-refractivity contribution in [3.8, 4) is 11.5 Å². The minimum atomic E-state index is -0.711. The molecule has 1 saturated heterocycles. The van der Waals surface area contributed by atoms with Gasteiger partial charge in [0.1, 0.15) is 11.5 Å². The van der Waals surface area contributed by atoms with Crippen LogP contribution in [0, 0.1) is 11.8 Å². The molecule has 0 amide bonds. The highest BCUT2D eigenvalue weighted by Crippen LogP contribution is 2.32. The van der Waals surface area contributed by atoms with Gasteiger partial charge >= 0.3 is 5.97 Å². The molecule has 3 heterocycles. The SMILES string of the molecule is COc1cnc2cccc(OCCC3CCN(CCSc4cccs4)CC3CCC(=O)O)c2c1. The third kappa shape index (κ3) is 6.87. The van der Waals surface area contributed by atoms with Gasteiger partial charge in [-0.15, -0.1) is 23.1 Å². The van der Waals surface area contributed by atoms with Gasteiger partial charge in [-0.25, -0.2) is 0 Å². The van der Waals surface area contributed by atoms with Gasteiger partial charge in [0, 0.05) is 30.6 Å². The van der Waals surface area contributed by atoms with Crippen LogP contribution in [-0.2, 0) is 4.79 Å². The van der Waals surface area contributed by atoms with Crippen molar-refractivity contribution in [2.75, 3.05) is 39.1 Å². The summed E-state index contributed by atoms with van der Waals surface area (Å²) in [6, 6.07) is 12.1. The van der Waals surface area contributed by atoms with Crippen LogP contribution in [0.15, 0.2) is 52.2 Å². The fourth-order valence-electron chi connectivity index (χ4n) is 4.66. The van der Waals surface area contributed by atoms with E-state index in [0.717, 1.165) is 61.3 Å². The van der Waals surface area contributed by atoms with Gasteiger partial charge in [0.05, 0.1) is 29.6 Å².